The Morgan fingerprint density at radius 2 is 1.43 bits per heavy atom. The quantitative estimate of drug-likeness (QED) is 0.221. The molecule has 15 heteroatoms. The summed E-state index contributed by atoms with van der Waals surface area (Å²) in [5.41, 5.74) is 7.54. The summed E-state index contributed by atoms with van der Waals surface area (Å²) in [6.45, 7) is 9.58. The van der Waals surface area contributed by atoms with Crippen molar-refractivity contribution >= 4 is 55.8 Å². The van der Waals surface area contributed by atoms with Crippen LogP contribution in [0.5, 0.6) is 5.75 Å². The number of nitrogens with zero attached hydrogens (tertiary/aromatic N) is 8. The van der Waals surface area contributed by atoms with E-state index >= 15 is 0 Å². The molecule has 0 bridgehead atoms. The third-order valence-corrected chi connectivity index (χ3v) is 11.3. The van der Waals surface area contributed by atoms with Crippen LogP contribution in [0, 0.1) is 13.8 Å². The number of benzene rings is 1. The molecule has 0 amide bonds. The second-order valence-corrected chi connectivity index (χ2v) is 15.7. The summed E-state index contributed by atoms with van der Waals surface area (Å²) in [5, 5.41) is 8.22. The molecule has 56 heavy (non-hydrogen) atoms. The van der Waals surface area contributed by atoms with Crippen molar-refractivity contribution in [1.82, 2.24) is 43.8 Å². The number of imidazole rings is 1. The number of aryl methyl sites for hydroxylation is 2. The van der Waals surface area contributed by atoms with Crippen LogP contribution in [0.3, 0.4) is 0 Å². The van der Waals surface area contributed by atoms with Gasteiger partial charge in [-0.3, -0.25) is 18.4 Å². The lowest BCUT2D eigenvalue weighted by Crippen LogP contribution is -2.43. The third-order valence-electron chi connectivity index (χ3n) is 10.1. The number of thiazole rings is 1. The van der Waals surface area contributed by atoms with Crippen LogP contribution in [-0.4, -0.2) is 78.5 Å². The van der Waals surface area contributed by atoms with Gasteiger partial charge in [0.2, 0.25) is 0 Å². The number of hydrogen-bond acceptors (Lipinski definition) is 11. The summed E-state index contributed by atoms with van der Waals surface area (Å²) in [7, 11) is 0. The van der Waals surface area contributed by atoms with E-state index < -0.39 is 0 Å². The van der Waals surface area contributed by atoms with Gasteiger partial charge in [-0.25, -0.2) is 19.9 Å². The molecule has 0 radical (unpaired) electrons. The van der Waals surface area contributed by atoms with E-state index in [1.54, 1.807) is 44.5 Å². The standard InChI is InChI=1S/C21H20N4O2S.C20H19ClN6O/c1-13-23-17-4-2-14(10-19(17)28-13)18-11-21(26)25-12-16(3-5-20(25)24-18)27-15-6-8-22-9-7-15;1-13-10-26-11-14(8-16(21)20(26)23-13)17-9-19(28)27-12-15(2-3-18(27)24-17)25-6-4-22-5-7-25/h2-5,10-12,15,22H,6-9H2,1H3;2-3,8-12,22H,4-7H2,1H3. The van der Waals surface area contributed by atoms with Crippen LogP contribution in [0.15, 0.2) is 95.0 Å². The molecule has 0 saturated carbocycles. The van der Waals surface area contributed by atoms with Gasteiger partial charge in [0, 0.05) is 68.0 Å². The van der Waals surface area contributed by atoms with Crippen molar-refractivity contribution in [2.75, 3.05) is 44.2 Å². The topological polar surface area (TPSA) is 135 Å². The van der Waals surface area contributed by atoms with Crippen molar-refractivity contribution < 1.29 is 4.74 Å². The first-order valence-corrected chi connectivity index (χ1v) is 19.9. The van der Waals surface area contributed by atoms with E-state index in [0.29, 0.717) is 39.1 Å². The highest BCUT2D eigenvalue weighted by atomic mass is 35.5. The number of halogens is 1. The maximum Gasteiger partial charge on any atom is 0.258 e. The first-order chi connectivity index (χ1) is 27.2. The minimum atomic E-state index is -0.116. The van der Waals surface area contributed by atoms with Crippen molar-refractivity contribution in [3.05, 3.63) is 122 Å². The van der Waals surface area contributed by atoms with Crippen molar-refractivity contribution in [3.63, 3.8) is 0 Å². The van der Waals surface area contributed by atoms with E-state index in [4.69, 9.17) is 16.3 Å². The van der Waals surface area contributed by atoms with Gasteiger partial charge in [-0.1, -0.05) is 17.7 Å². The third kappa shape index (κ3) is 7.35. The van der Waals surface area contributed by atoms with Gasteiger partial charge < -0.3 is 24.7 Å². The summed E-state index contributed by atoms with van der Waals surface area (Å²) >= 11 is 8.03. The molecule has 0 unspecified atom stereocenters. The van der Waals surface area contributed by atoms with Gasteiger partial charge in [-0.2, -0.15) is 0 Å². The molecule has 10 rings (SSSR count). The zero-order chi connectivity index (χ0) is 38.3. The number of aromatic nitrogens is 7. The number of nitrogens with one attached hydrogen (secondary N) is 2. The van der Waals surface area contributed by atoms with Crippen LogP contribution in [0.4, 0.5) is 5.69 Å². The Bertz CT molecular complexity index is 2870. The van der Waals surface area contributed by atoms with Gasteiger partial charge >= 0.3 is 0 Å². The smallest absolute Gasteiger partial charge is 0.258 e. The van der Waals surface area contributed by atoms with Crippen molar-refractivity contribution in [1.29, 1.82) is 0 Å². The molecule has 2 aliphatic rings. The van der Waals surface area contributed by atoms with Crippen LogP contribution in [0.25, 0.3) is 49.7 Å². The maximum atomic E-state index is 12.8. The van der Waals surface area contributed by atoms with Crippen molar-refractivity contribution in [3.8, 4) is 28.3 Å². The Labute approximate surface area is 330 Å². The molecule has 0 aliphatic carbocycles. The van der Waals surface area contributed by atoms with Crippen LogP contribution in [0.1, 0.15) is 23.5 Å². The van der Waals surface area contributed by atoms with Gasteiger partial charge in [-0.05, 0) is 82.2 Å². The minimum Gasteiger partial charge on any atom is -0.489 e. The van der Waals surface area contributed by atoms with Gasteiger partial charge in [0.15, 0.2) is 5.65 Å². The zero-order valence-electron chi connectivity index (χ0n) is 30.9. The van der Waals surface area contributed by atoms with Gasteiger partial charge in [-0.15, -0.1) is 11.3 Å². The SMILES string of the molecule is Cc1cn2cc(-c3cc(=O)n4cc(N5CCNCC5)ccc4n3)cc(Cl)c2n1.Cc1nc2ccc(-c3cc(=O)n4cc(OC5CCNCC5)ccc4n3)cc2s1. The lowest BCUT2D eigenvalue weighted by molar-refractivity contribution is 0.162. The fourth-order valence-corrected chi connectivity index (χ4v) is 8.40. The van der Waals surface area contributed by atoms with Crippen LogP contribution in [-0.2, 0) is 0 Å². The predicted molar refractivity (Wildman–Crippen MR) is 222 cm³/mol. The fraction of sp³-hybridized carbons (Fsp3) is 0.268. The molecule has 7 aromatic heterocycles. The Morgan fingerprint density at radius 1 is 0.732 bits per heavy atom. The van der Waals surface area contributed by atoms with Gasteiger partial charge in [0.25, 0.3) is 11.1 Å². The zero-order valence-corrected chi connectivity index (χ0v) is 32.5. The molecule has 2 N–H and O–H groups in total. The molecule has 284 valence electrons. The second-order valence-electron chi connectivity index (χ2n) is 14.1. The second kappa shape index (κ2) is 15.1. The summed E-state index contributed by atoms with van der Waals surface area (Å²) in [6, 6.07) is 18.6. The molecule has 0 spiro atoms. The maximum absolute atomic E-state index is 12.8. The molecular formula is C41H39ClN10O3S. The van der Waals surface area contributed by atoms with Crippen molar-refractivity contribution in [2.45, 2.75) is 32.8 Å². The Morgan fingerprint density at radius 3 is 2.20 bits per heavy atom. The molecule has 2 fully saturated rings. The number of piperazine rings is 1. The molecule has 9 heterocycles. The molecule has 1 aromatic carbocycles. The monoisotopic (exact) mass is 786 g/mol. The Hall–Kier alpha value is -5.67. The molecular weight excluding hydrogens is 748 g/mol. The lowest BCUT2D eigenvalue weighted by atomic mass is 10.1. The molecule has 8 aromatic rings. The average Bonchev–Trinajstić information content (AvgIpc) is 3.79. The highest BCUT2D eigenvalue weighted by molar-refractivity contribution is 7.18. The number of hydrogen-bond donors (Lipinski definition) is 2. The molecule has 2 saturated heterocycles. The molecule has 0 atom stereocenters. The lowest BCUT2D eigenvalue weighted by Gasteiger charge is -2.29. The van der Waals surface area contributed by atoms with Crippen molar-refractivity contribution in [2.24, 2.45) is 0 Å². The highest BCUT2D eigenvalue weighted by Gasteiger charge is 2.17. The number of pyridine rings is 3. The van der Waals surface area contributed by atoms with Crippen LogP contribution < -0.4 is 31.4 Å². The van der Waals surface area contributed by atoms with Crippen LogP contribution >= 0.6 is 22.9 Å². The van der Waals surface area contributed by atoms with Gasteiger partial charge in [0.05, 0.1) is 49.2 Å². The summed E-state index contributed by atoms with van der Waals surface area (Å²) < 4.78 is 12.2. The predicted octanol–water partition coefficient (Wildman–Crippen LogP) is 5.79. The van der Waals surface area contributed by atoms with E-state index in [9.17, 15) is 9.59 Å². The molecule has 13 nitrogen and oxygen atoms in total. The number of piperidine rings is 1. The molecule has 2 aliphatic heterocycles. The summed E-state index contributed by atoms with van der Waals surface area (Å²) in [5.74, 6) is 0.706. The van der Waals surface area contributed by atoms with E-state index in [-0.39, 0.29) is 17.2 Å². The normalized spacial score (nSPS) is 15.1. The summed E-state index contributed by atoms with van der Waals surface area (Å²) in [4.78, 5) is 46.1. The fourth-order valence-electron chi connectivity index (χ4n) is 7.27. The number of ether oxygens (including phenoxy) is 1. The van der Waals surface area contributed by atoms with E-state index in [1.165, 1.54) is 0 Å². The van der Waals surface area contributed by atoms with Crippen LogP contribution in [0.2, 0.25) is 5.02 Å². The van der Waals surface area contributed by atoms with E-state index in [1.807, 2.05) is 79.3 Å². The first kappa shape index (κ1) is 36.0. The largest absolute Gasteiger partial charge is 0.489 e. The Balaban J connectivity index is 0.000000146. The first-order valence-electron chi connectivity index (χ1n) is 18.7. The Kier molecular flexibility index (Phi) is 9.71. The number of fused-ring (bicyclic) bond motifs is 4. The number of rotatable bonds is 5. The minimum absolute atomic E-state index is 0.114. The number of anilines is 1. The average molecular weight is 787 g/mol. The summed E-state index contributed by atoms with van der Waals surface area (Å²) in [6.07, 6.45) is 9.55. The van der Waals surface area contributed by atoms with E-state index in [2.05, 4.69) is 35.5 Å². The van der Waals surface area contributed by atoms with E-state index in [0.717, 1.165) is 89.8 Å². The highest BCUT2D eigenvalue weighted by Crippen LogP contribution is 2.28. The van der Waals surface area contributed by atoms with Gasteiger partial charge in [0.1, 0.15) is 23.1 Å².